The summed E-state index contributed by atoms with van der Waals surface area (Å²) in [6.07, 6.45) is 0. The third-order valence-corrected chi connectivity index (χ3v) is 4.18. The van der Waals surface area contributed by atoms with Gasteiger partial charge in [-0.1, -0.05) is 13.0 Å². The maximum atomic E-state index is 12.4. The fourth-order valence-corrected chi connectivity index (χ4v) is 2.25. The number of amides is 2. The molecule has 1 saturated heterocycles. The minimum absolute atomic E-state index is 0. The molecule has 1 unspecified atom stereocenters. The van der Waals surface area contributed by atoms with Crippen LogP contribution in [0.4, 0.5) is 5.69 Å². The number of carbonyl (C=O) groups excluding carboxylic acids is 2. The van der Waals surface area contributed by atoms with Crippen molar-refractivity contribution in [3.63, 3.8) is 0 Å². The van der Waals surface area contributed by atoms with Crippen molar-refractivity contribution < 1.29 is 14.3 Å². The number of benzene rings is 1. The van der Waals surface area contributed by atoms with Crippen LogP contribution in [-0.4, -0.2) is 50.5 Å². The van der Waals surface area contributed by atoms with E-state index >= 15 is 0 Å². The van der Waals surface area contributed by atoms with Crippen molar-refractivity contribution >= 4 is 29.9 Å². The predicted molar refractivity (Wildman–Crippen MR) is 96.8 cm³/mol. The van der Waals surface area contributed by atoms with Gasteiger partial charge >= 0.3 is 0 Å². The zero-order chi connectivity index (χ0) is 17.0. The Bertz CT molecular complexity index is 588. The summed E-state index contributed by atoms with van der Waals surface area (Å²) in [6, 6.07) is 5.55. The van der Waals surface area contributed by atoms with E-state index in [4.69, 9.17) is 4.74 Å². The second-order valence-electron chi connectivity index (χ2n) is 6.27. The first kappa shape index (κ1) is 20.3. The molecule has 2 N–H and O–H groups in total. The molecule has 1 heterocycles. The lowest BCUT2D eigenvalue weighted by molar-refractivity contribution is -0.130. The molecule has 0 saturated carbocycles. The van der Waals surface area contributed by atoms with E-state index in [1.54, 1.807) is 14.1 Å². The number of hydrogen-bond acceptors (Lipinski definition) is 4. The van der Waals surface area contributed by atoms with Gasteiger partial charge in [0.1, 0.15) is 5.75 Å². The van der Waals surface area contributed by atoms with Crippen LogP contribution in [0.1, 0.15) is 12.5 Å². The molecule has 1 fully saturated rings. The Morgan fingerprint density at radius 2 is 2.04 bits per heavy atom. The molecule has 0 aliphatic carbocycles. The van der Waals surface area contributed by atoms with Gasteiger partial charge in [0.2, 0.25) is 5.91 Å². The van der Waals surface area contributed by atoms with Crippen molar-refractivity contribution in [1.82, 2.24) is 10.2 Å². The van der Waals surface area contributed by atoms with Gasteiger partial charge in [-0.25, -0.2) is 0 Å². The monoisotopic (exact) mass is 355 g/mol. The maximum absolute atomic E-state index is 12.4. The molecule has 134 valence electrons. The van der Waals surface area contributed by atoms with Crippen LogP contribution in [-0.2, 0) is 9.59 Å². The number of carbonyl (C=O) groups is 2. The Morgan fingerprint density at radius 1 is 1.38 bits per heavy atom. The van der Waals surface area contributed by atoms with Crippen molar-refractivity contribution in [3.05, 3.63) is 23.8 Å². The van der Waals surface area contributed by atoms with E-state index in [1.165, 1.54) is 4.90 Å². The summed E-state index contributed by atoms with van der Waals surface area (Å²) in [4.78, 5) is 25.5. The quantitative estimate of drug-likeness (QED) is 0.814. The lowest BCUT2D eigenvalue weighted by Crippen LogP contribution is -2.48. The molecule has 0 spiro atoms. The van der Waals surface area contributed by atoms with Crippen molar-refractivity contribution in [2.24, 2.45) is 11.8 Å². The highest BCUT2D eigenvalue weighted by Crippen LogP contribution is 2.27. The zero-order valence-electron chi connectivity index (χ0n) is 14.6. The molecule has 0 aromatic heterocycles. The van der Waals surface area contributed by atoms with E-state index in [0.717, 1.165) is 18.7 Å². The summed E-state index contributed by atoms with van der Waals surface area (Å²) in [7, 11) is 3.36. The third kappa shape index (κ3) is 5.11. The first-order valence-corrected chi connectivity index (χ1v) is 7.83. The fourth-order valence-electron chi connectivity index (χ4n) is 2.25. The Kier molecular flexibility index (Phi) is 7.51. The van der Waals surface area contributed by atoms with Crippen LogP contribution >= 0.6 is 12.4 Å². The van der Waals surface area contributed by atoms with Crippen molar-refractivity contribution in [2.75, 3.05) is 39.1 Å². The van der Waals surface area contributed by atoms with Gasteiger partial charge in [-0.05, 0) is 43.6 Å². The van der Waals surface area contributed by atoms with E-state index in [1.807, 2.05) is 32.0 Å². The number of halogens is 1. The van der Waals surface area contributed by atoms with Gasteiger partial charge in [-0.2, -0.15) is 0 Å². The number of ether oxygens (including phenoxy) is 1. The standard InChI is InChI=1S/C17H25N3O3.ClH/c1-11-5-6-14(15(7-11)23-10-16(21)20(3)4)19-17(22)12(2)13-8-18-9-13;/h5-7,12-13,18H,8-10H2,1-4H3,(H,19,22);1H. The number of anilines is 1. The van der Waals surface area contributed by atoms with E-state index < -0.39 is 0 Å². The average Bonchev–Trinajstić information content (AvgIpc) is 2.44. The molecular formula is C17H26ClN3O3. The van der Waals surface area contributed by atoms with Crippen LogP contribution in [0.3, 0.4) is 0 Å². The molecule has 1 aliphatic heterocycles. The second-order valence-corrected chi connectivity index (χ2v) is 6.27. The molecule has 2 rings (SSSR count). The van der Waals surface area contributed by atoms with Gasteiger partial charge in [-0.3, -0.25) is 9.59 Å². The molecule has 6 nitrogen and oxygen atoms in total. The van der Waals surface area contributed by atoms with Gasteiger partial charge in [-0.15, -0.1) is 12.4 Å². The number of aryl methyl sites for hydroxylation is 1. The van der Waals surface area contributed by atoms with Gasteiger partial charge in [0.25, 0.3) is 5.91 Å². The second kappa shape index (κ2) is 8.89. The predicted octanol–water partition coefficient (Wildman–Crippen LogP) is 1.68. The molecule has 1 atom stereocenters. The van der Waals surface area contributed by atoms with Crippen LogP contribution < -0.4 is 15.4 Å². The minimum Gasteiger partial charge on any atom is -0.482 e. The summed E-state index contributed by atoms with van der Waals surface area (Å²) in [5.41, 5.74) is 1.61. The van der Waals surface area contributed by atoms with Crippen molar-refractivity contribution in [2.45, 2.75) is 13.8 Å². The summed E-state index contributed by atoms with van der Waals surface area (Å²) in [5, 5.41) is 6.10. The van der Waals surface area contributed by atoms with Gasteiger partial charge in [0, 0.05) is 20.0 Å². The molecule has 1 aliphatic rings. The SMILES string of the molecule is Cc1ccc(NC(=O)C(C)C2CNC2)c(OCC(=O)N(C)C)c1.Cl. The van der Waals surface area contributed by atoms with Gasteiger partial charge < -0.3 is 20.3 Å². The smallest absolute Gasteiger partial charge is 0.259 e. The van der Waals surface area contributed by atoms with E-state index in [0.29, 0.717) is 17.4 Å². The lowest BCUT2D eigenvalue weighted by atomic mass is 9.88. The van der Waals surface area contributed by atoms with Crippen molar-refractivity contribution in [1.29, 1.82) is 0 Å². The number of likely N-dealkylation sites (N-methyl/N-ethyl adjacent to an activating group) is 1. The Morgan fingerprint density at radius 3 is 2.58 bits per heavy atom. The molecule has 1 aromatic rings. The van der Waals surface area contributed by atoms with E-state index in [-0.39, 0.29) is 36.7 Å². The Balaban J connectivity index is 0.00000288. The zero-order valence-corrected chi connectivity index (χ0v) is 15.4. The van der Waals surface area contributed by atoms with Gasteiger partial charge in [0.05, 0.1) is 5.69 Å². The topological polar surface area (TPSA) is 70.7 Å². The molecule has 0 bridgehead atoms. The van der Waals surface area contributed by atoms with E-state index in [9.17, 15) is 9.59 Å². The number of rotatable bonds is 6. The third-order valence-electron chi connectivity index (χ3n) is 4.18. The summed E-state index contributed by atoms with van der Waals surface area (Å²) in [6.45, 7) is 5.58. The first-order chi connectivity index (χ1) is 10.9. The highest BCUT2D eigenvalue weighted by atomic mass is 35.5. The lowest BCUT2D eigenvalue weighted by Gasteiger charge is -2.31. The van der Waals surface area contributed by atoms with Crippen LogP contribution in [0.25, 0.3) is 0 Å². The summed E-state index contributed by atoms with van der Waals surface area (Å²) >= 11 is 0. The van der Waals surface area contributed by atoms with Crippen LogP contribution in [0.5, 0.6) is 5.75 Å². The highest BCUT2D eigenvalue weighted by molar-refractivity contribution is 5.94. The number of nitrogens with zero attached hydrogens (tertiary/aromatic N) is 1. The molecule has 0 radical (unpaired) electrons. The van der Waals surface area contributed by atoms with Crippen LogP contribution in [0.15, 0.2) is 18.2 Å². The average molecular weight is 356 g/mol. The Hall–Kier alpha value is -1.79. The molecule has 1 aromatic carbocycles. The first-order valence-electron chi connectivity index (χ1n) is 7.83. The molecule has 7 heteroatoms. The van der Waals surface area contributed by atoms with E-state index in [2.05, 4.69) is 10.6 Å². The molecule has 24 heavy (non-hydrogen) atoms. The van der Waals surface area contributed by atoms with Crippen molar-refractivity contribution in [3.8, 4) is 5.75 Å². The van der Waals surface area contributed by atoms with Crippen LogP contribution in [0, 0.1) is 18.8 Å². The molecule has 2 amide bonds. The minimum atomic E-state index is -0.127. The van der Waals surface area contributed by atoms with Gasteiger partial charge in [0.15, 0.2) is 6.61 Å². The largest absolute Gasteiger partial charge is 0.482 e. The Labute approximate surface area is 149 Å². The maximum Gasteiger partial charge on any atom is 0.259 e. The molecular weight excluding hydrogens is 330 g/mol. The normalized spacial score (nSPS) is 14.8. The highest BCUT2D eigenvalue weighted by Gasteiger charge is 2.29. The summed E-state index contributed by atoms with van der Waals surface area (Å²) in [5.74, 6) is 0.684. The van der Waals surface area contributed by atoms with Crippen LogP contribution in [0.2, 0.25) is 0 Å². The number of hydrogen-bond donors (Lipinski definition) is 2. The number of nitrogens with one attached hydrogen (secondary N) is 2. The fraction of sp³-hybridized carbons (Fsp3) is 0.529. The summed E-state index contributed by atoms with van der Waals surface area (Å²) < 4.78 is 5.60.